The molecule has 1 aromatic carbocycles. The van der Waals surface area contributed by atoms with Crippen LogP contribution in [0.4, 0.5) is 5.82 Å². The third-order valence-electron chi connectivity index (χ3n) is 6.48. The highest BCUT2D eigenvalue weighted by Crippen LogP contribution is 2.40. The number of anilines is 1. The number of hydrogen-bond acceptors (Lipinski definition) is 7. The van der Waals surface area contributed by atoms with E-state index in [1.165, 1.54) is 23.5 Å². The first-order chi connectivity index (χ1) is 15.6. The van der Waals surface area contributed by atoms with E-state index in [0.717, 1.165) is 51.8 Å². The largest absolute Gasteiger partial charge is 0.383 e. The van der Waals surface area contributed by atoms with E-state index < -0.39 is 0 Å². The second kappa shape index (κ2) is 7.23. The Morgan fingerprint density at radius 2 is 2.09 bits per heavy atom. The predicted octanol–water partition coefficient (Wildman–Crippen LogP) is 3.74. The van der Waals surface area contributed by atoms with Crippen molar-refractivity contribution in [1.29, 1.82) is 0 Å². The van der Waals surface area contributed by atoms with Crippen LogP contribution in [-0.4, -0.2) is 48.6 Å². The summed E-state index contributed by atoms with van der Waals surface area (Å²) < 4.78 is 3.12. The number of nitrogen functional groups attached to an aromatic ring is 1. The van der Waals surface area contributed by atoms with Crippen molar-refractivity contribution in [3.63, 3.8) is 0 Å². The van der Waals surface area contributed by atoms with Crippen molar-refractivity contribution < 1.29 is 4.79 Å². The minimum atomic E-state index is -0.0123. The summed E-state index contributed by atoms with van der Waals surface area (Å²) in [5.41, 5.74) is 14.3. The summed E-state index contributed by atoms with van der Waals surface area (Å²) in [5.74, 6) is 0.418. The first-order valence-electron chi connectivity index (χ1n) is 10.6. The summed E-state index contributed by atoms with van der Waals surface area (Å²) in [7, 11) is 0. The molecule has 2 aliphatic rings. The van der Waals surface area contributed by atoms with Gasteiger partial charge in [0.1, 0.15) is 17.8 Å². The number of nitrogens with two attached hydrogens (primary N) is 1. The summed E-state index contributed by atoms with van der Waals surface area (Å²) >= 11 is 1.60. The molecule has 160 valence electrons. The van der Waals surface area contributed by atoms with Gasteiger partial charge < -0.3 is 10.6 Å². The Kier molecular flexibility index (Phi) is 4.32. The van der Waals surface area contributed by atoms with Crippen molar-refractivity contribution >= 4 is 44.3 Å². The first kappa shape index (κ1) is 19.1. The lowest BCUT2D eigenvalue weighted by atomic mass is 9.90. The van der Waals surface area contributed by atoms with E-state index in [4.69, 9.17) is 10.8 Å². The van der Waals surface area contributed by atoms with E-state index in [1.54, 1.807) is 11.3 Å². The molecule has 0 spiro atoms. The second-order valence-corrected chi connectivity index (χ2v) is 9.17. The molecule has 4 heterocycles. The number of thiazole rings is 1. The molecule has 0 saturated carbocycles. The monoisotopic (exact) mass is 443 g/mol. The average molecular weight is 444 g/mol. The maximum atomic E-state index is 12.1. The van der Waals surface area contributed by atoms with Gasteiger partial charge in [-0.05, 0) is 48.6 Å². The van der Waals surface area contributed by atoms with Crippen LogP contribution in [0.2, 0.25) is 0 Å². The van der Waals surface area contributed by atoms with Crippen molar-refractivity contribution in [1.82, 2.24) is 29.6 Å². The average Bonchev–Trinajstić information content (AvgIpc) is 3.54. The molecule has 0 saturated heterocycles. The summed E-state index contributed by atoms with van der Waals surface area (Å²) in [4.78, 5) is 27.1. The Labute approximate surface area is 188 Å². The van der Waals surface area contributed by atoms with Crippen LogP contribution in [0.15, 0.2) is 53.8 Å². The fourth-order valence-corrected chi connectivity index (χ4v) is 5.60. The predicted molar refractivity (Wildman–Crippen MR) is 125 cm³/mol. The Morgan fingerprint density at radius 3 is 2.97 bits per heavy atom. The fraction of sp³-hybridized carbons (Fsp3) is 0.261. The molecular weight excluding hydrogens is 422 g/mol. The van der Waals surface area contributed by atoms with Crippen LogP contribution in [0.25, 0.3) is 32.5 Å². The lowest BCUT2D eigenvalue weighted by molar-refractivity contribution is -0.124. The summed E-state index contributed by atoms with van der Waals surface area (Å²) in [6.45, 7) is 5.00. The third-order valence-corrected chi connectivity index (χ3v) is 7.27. The van der Waals surface area contributed by atoms with Crippen LogP contribution >= 0.6 is 11.3 Å². The molecule has 9 heteroatoms. The molecule has 1 aliphatic heterocycles. The first-order valence-corrected chi connectivity index (χ1v) is 11.4. The van der Waals surface area contributed by atoms with Gasteiger partial charge in [-0.3, -0.25) is 4.79 Å². The van der Waals surface area contributed by atoms with E-state index in [1.807, 2.05) is 27.2 Å². The Hall–Kier alpha value is -3.59. The van der Waals surface area contributed by atoms with Gasteiger partial charge in [-0.15, -0.1) is 11.3 Å². The minimum absolute atomic E-state index is 0.0123. The number of carbonyl (C=O) groups is 1. The standard InChI is InChI=1S/C23H21N7OS/c1-2-19(31)29-9-14-3-5-16(7-15(14)10-29)30-23-20(22(24)25-11-26-23)21(28-30)13-4-6-17-18(8-13)32-12-27-17/h2,4,6,8,11-12,16H,1,3,5,7,9-10H2,(H2,24,25,26). The number of rotatable bonds is 3. The van der Waals surface area contributed by atoms with Crippen molar-refractivity contribution in [3.8, 4) is 11.3 Å². The Morgan fingerprint density at radius 1 is 1.22 bits per heavy atom. The van der Waals surface area contributed by atoms with Gasteiger partial charge in [-0.2, -0.15) is 5.10 Å². The zero-order chi connectivity index (χ0) is 21.8. The third kappa shape index (κ3) is 2.92. The van der Waals surface area contributed by atoms with Crippen LogP contribution in [0.5, 0.6) is 0 Å². The number of benzene rings is 1. The molecule has 1 unspecified atom stereocenters. The molecule has 32 heavy (non-hydrogen) atoms. The van der Waals surface area contributed by atoms with Crippen molar-refractivity contribution in [3.05, 3.63) is 53.8 Å². The van der Waals surface area contributed by atoms with Crippen molar-refractivity contribution in [2.75, 3.05) is 18.8 Å². The molecule has 2 N–H and O–H groups in total. The lowest BCUT2D eigenvalue weighted by Gasteiger charge is -2.24. The molecule has 1 amide bonds. The van der Waals surface area contributed by atoms with E-state index in [9.17, 15) is 4.79 Å². The number of carbonyl (C=O) groups excluding carboxylic acids is 1. The van der Waals surface area contributed by atoms with Crippen LogP contribution in [0.1, 0.15) is 25.3 Å². The van der Waals surface area contributed by atoms with Gasteiger partial charge in [0.05, 0.1) is 27.2 Å². The van der Waals surface area contributed by atoms with E-state index in [0.29, 0.717) is 18.9 Å². The van der Waals surface area contributed by atoms with E-state index in [-0.39, 0.29) is 11.9 Å². The molecule has 3 aromatic heterocycles. The van der Waals surface area contributed by atoms with Crippen LogP contribution in [0.3, 0.4) is 0 Å². The van der Waals surface area contributed by atoms with Crippen LogP contribution < -0.4 is 5.73 Å². The van der Waals surface area contributed by atoms with Gasteiger partial charge in [0.2, 0.25) is 5.91 Å². The molecule has 0 fully saturated rings. The number of amides is 1. The summed E-state index contributed by atoms with van der Waals surface area (Å²) in [6, 6.07) is 6.29. The van der Waals surface area contributed by atoms with E-state index >= 15 is 0 Å². The molecule has 0 radical (unpaired) electrons. The highest BCUT2D eigenvalue weighted by molar-refractivity contribution is 7.16. The zero-order valence-electron chi connectivity index (χ0n) is 17.4. The molecule has 6 rings (SSSR count). The second-order valence-electron chi connectivity index (χ2n) is 8.29. The number of aromatic nitrogens is 5. The number of nitrogens with zero attached hydrogens (tertiary/aromatic N) is 6. The summed E-state index contributed by atoms with van der Waals surface area (Å²) in [6.07, 6.45) is 5.64. The van der Waals surface area contributed by atoms with Crippen molar-refractivity contribution in [2.24, 2.45) is 0 Å². The Balaban J connectivity index is 1.41. The normalized spacial score (nSPS) is 18.5. The highest BCUT2D eigenvalue weighted by atomic mass is 32.1. The highest BCUT2D eigenvalue weighted by Gasteiger charge is 2.32. The van der Waals surface area contributed by atoms with Gasteiger partial charge in [0.25, 0.3) is 0 Å². The topological polar surface area (TPSA) is 103 Å². The van der Waals surface area contributed by atoms with Crippen LogP contribution in [0, 0.1) is 0 Å². The number of fused-ring (bicyclic) bond motifs is 2. The zero-order valence-corrected chi connectivity index (χ0v) is 18.2. The fourth-order valence-electron chi connectivity index (χ4n) is 4.88. The maximum Gasteiger partial charge on any atom is 0.246 e. The minimum Gasteiger partial charge on any atom is -0.383 e. The maximum absolute atomic E-state index is 12.1. The Bertz CT molecular complexity index is 1430. The molecule has 1 atom stereocenters. The van der Waals surface area contributed by atoms with Gasteiger partial charge >= 0.3 is 0 Å². The van der Waals surface area contributed by atoms with Crippen LogP contribution in [-0.2, 0) is 4.79 Å². The van der Waals surface area contributed by atoms with Gasteiger partial charge in [0.15, 0.2) is 5.65 Å². The molecule has 0 bridgehead atoms. The van der Waals surface area contributed by atoms with Gasteiger partial charge in [-0.1, -0.05) is 12.6 Å². The van der Waals surface area contributed by atoms with Gasteiger partial charge in [0, 0.05) is 18.7 Å². The molecule has 4 aromatic rings. The quantitative estimate of drug-likeness (QED) is 0.382. The molecule has 1 aliphatic carbocycles. The summed E-state index contributed by atoms with van der Waals surface area (Å²) in [5, 5.41) is 5.80. The van der Waals surface area contributed by atoms with E-state index in [2.05, 4.69) is 27.6 Å². The van der Waals surface area contributed by atoms with Gasteiger partial charge in [-0.25, -0.2) is 19.6 Å². The number of hydrogen-bond donors (Lipinski definition) is 1. The smallest absolute Gasteiger partial charge is 0.246 e. The molecular formula is C23H21N7OS. The molecule has 8 nitrogen and oxygen atoms in total. The van der Waals surface area contributed by atoms with Crippen molar-refractivity contribution in [2.45, 2.75) is 25.3 Å². The lowest BCUT2D eigenvalue weighted by Crippen LogP contribution is -2.27. The SMILES string of the molecule is C=CC(=O)N1CC2=C(CC(n3nc(-c4ccc5ncsc5c4)c4c(N)ncnc43)CC2)C1.